The minimum atomic E-state index is -0.302. The lowest BCUT2D eigenvalue weighted by atomic mass is 10.1. The Morgan fingerprint density at radius 3 is 2.67 bits per heavy atom. The van der Waals surface area contributed by atoms with Crippen LogP contribution in [0.4, 0.5) is 0 Å². The van der Waals surface area contributed by atoms with Gasteiger partial charge < -0.3 is 15.5 Å². The molecule has 1 atom stereocenters. The van der Waals surface area contributed by atoms with Crippen molar-refractivity contribution in [2.45, 2.75) is 25.8 Å². The number of hydrogen-bond acceptors (Lipinski definition) is 3. The molecular weight excluding hydrogens is 460 g/mol. The van der Waals surface area contributed by atoms with E-state index in [1.807, 2.05) is 29.5 Å². The Morgan fingerprint density at radius 2 is 2.11 bits per heavy atom. The molecule has 0 bridgehead atoms. The lowest BCUT2D eigenvalue weighted by Gasteiger charge is -2.16. The van der Waals surface area contributed by atoms with Gasteiger partial charge in [0.05, 0.1) is 9.13 Å². The number of hydrogen-bond donors (Lipinski definition) is 3. The van der Waals surface area contributed by atoms with Gasteiger partial charge in [0.15, 0.2) is 0 Å². The van der Waals surface area contributed by atoms with Crippen LogP contribution in [-0.4, -0.2) is 28.8 Å². The van der Waals surface area contributed by atoms with Gasteiger partial charge in [0.1, 0.15) is 5.75 Å². The molecule has 0 heterocycles. The van der Waals surface area contributed by atoms with Crippen LogP contribution in [0.1, 0.15) is 30.1 Å². The first-order chi connectivity index (χ1) is 8.49. The zero-order valence-electron chi connectivity index (χ0n) is 9.91. The van der Waals surface area contributed by atoms with Gasteiger partial charge >= 0.3 is 0 Å². The van der Waals surface area contributed by atoms with E-state index in [0.717, 1.165) is 9.99 Å². The molecule has 100 valence electrons. The fourth-order valence-electron chi connectivity index (χ4n) is 1.54. The maximum atomic E-state index is 12.1. The largest absolute Gasteiger partial charge is 0.506 e. The molecule has 3 N–H and O–H groups in total. The number of nitrogens with one attached hydrogen (secondary N) is 1. The Kier molecular flexibility index (Phi) is 6.64. The third-order valence-corrected chi connectivity index (χ3v) is 4.02. The summed E-state index contributed by atoms with van der Waals surface area (Å²) in [5.41, 5.74) is 0.280. The Balaban J connectivity index is 2.90. The number of amides is 1. The van der Waals surface area contributed by atoms with Crippen LogP contribution in [0.3, 0.4) is 0 Å². The molecule has 0 saturated carbocycles. The van der Waals surface area contributed by atoms with Crippen LogP contribution in [0.25, 0.3) is 0 Å². The van der Waals surface area contributed by atoms with Crippen molar-refractivity contribution < 1.29 is 15.0 Å². The summed E-state index contributed by atoms with van der Waals surface area (Å²) in [6, 6.07) is 3.38. The summed E-state index contributed by atoms with van der Waals surface area (Å²) in [4.78, 5) is 12.1. The molecule has 0 aliphatic heterocycles. The van der Waals surface area contributed by atoms with Crippen LogP contribution in [0, 0.1) is 7.14 Å². The third kappa shape index (κ3) is 4.23. The second kappa shape index (κ2) is 7.49. The molecule has 18 heavy (non-hydrogen) atoms. The molecule has 1 aromatic carbocycles. The quantitative estimate of drug-likeness (QED) is 0.574. The van der Waals surface area contributed by atoms with Gasteiger partial charge in [-0.05, 0) is 70.2 Å². The normalized spacial score (nSPS) is 12.2. The molecule has 0 aliphatic carbocycles. The van der Waals surface area contributed by atoms with Gasteiger partial charge in [0, 0.05) is 16.2 Å². The van der Waals surface area contributed by atoms with E-state index in [1.54, 1.807) is 12.1 Å². The number of halogens is 2. The highest BCUT2D eigenvalue weighted by atomic mass is 127. The average molecular weight is 475 g/mol. The summed E-state index contributed by atoms with van der Waals surface area (Å²) < 4.78 is 1.55. The highest BCUT2D eigenvalue weighted by Crippen LogP contribution is 2.27. The standard InChI is InChI=1S/C12H15I2NO3/c1-2-8(3-4-16)15-12(18)9-5-7(13)6-10(14)11(9)17/h5-6,8,16-17H,2-4H2,1H3,(H,15,18). The molecule has 6 heteroatoms. The molecule has 0 fully saturated rings. The van der Waals surface area contributed by atoms with Crippen LogP contribution in [0.5, 0.6) is 5.75 Å². The van der Waals surface area contributed by atoms with E-state index in [4.69, 9.17) is 5.11 Å². The molecular formula is C12H15I2NO3. The number of rotatable bonds is 5. The molecule has 0 radical (unpaired) electrons. The number of phenolic OH excluding ortho intramolecular Hbond substituents is 1. The van der Waals surface area contributed by atoms with Gasteiger partial charge in [-0.3, -0.25) is 4.79 Å². The number of benzene rings is 1. The van der Waals surface area contributed by atoms with E-state index in [1.165, 1.54) is 0 Å². The summed E-state index contributed by atoms with van der Waals surface area (Å²) >= 11 is 4.10. The summed E-state index contributed by atoms with van der Waals surface area (Å²) in [7, 11) is 0. The van der Waals surface area contributed by atoms with Crippen LogP contribution in [0.15, 0.2) is 12.1 Å². The number of carbonyl (C=O) groups excluding carboxylic acids is 1. The van der Waals surface area contributed by atoms with Crippen LogP contribution in [-0.2, 0) is 0 Å². The van der Waals surface area contributed by atoms with Gasteiger partial charge in [-0.2, -0.15) is 0 Å². The van der Waals surface area contributed by atoms with E-state index >= 15 is 0 Å². The average Bonchev–Trinajstić information content (AvgIpc) is 2.32. The van der Waals surface area contributed by atoms with Crippen LogP contribution in [0.2, 0.25) is 0 Å². The Labute approximate surface area is 133 Å². The van der Waals surface area contributed by atoms with E-state index in [9.17, 15) is 9.90 Å². The summed E-state index contributed by atoms with van der Waals surface area (Å²) in [6.45, 7) is 1.98. The summed E-state index contributed by atoms with van der Waals surface area (Å²) in [6.07, 6.45) is 1.26. The van der Waals surface area contributed by atoms with E-state index in [-0.39, 0.29) is 29.9 Å². The third-order valence-electron chi connectivity index (χ3n) is 2.58. The van der Waals surface area contributed by atoms with E-state index < -0.39 is 0 Å². The fraction of sp³-hybridized carbons (Fsp3) is 0.417. The summed E-state index contributed by atoms with van der Waals surface area (Å²) in [5, 5.41) is 21.6. The zero-order valence-corrected chi connectivity index (χ0v) is 14.2. The lowest BCUT2D eigenvalue weighted by molar-refractivity contribution is 0.0926. The van der Waals surface area contributed by atoms with Gasteiger partial charge in [-0.15, -0.1) is 0 Å². The predicted molar refractivity (Wildman–Crippen MR) is 86.8 cm³/mol. The SMILES string of the molecule is CCC(CCO)NC(=O)c1cc(I)cc(I)c1O. The highest BCUT2D eigenvalue weighted by molar-refractivity contribution is 14.1. The Hall–Kier alpha value is -0.0900. The monoisotopic (exact) mass is 475 g/mol. The smallest absolute Gasteiger partial charge is 0.255 e. The molecule has 0 spiro atoms. The second-order valence-corrected chi connectivity index (χ2v) is 6.28. The van der Waals surface area contributed by atoms with Gasteiger partial charge in [-0.1, -0.05) is 6.92 Å². The predicted octanol–water partition coefficient (Wildman–Crippen LogP) is 2.49. The molecule has 1 rings (SSSR count). The zero-order chi connectivity index (χ0) is 13.7. The molecule has 0 aliphatic rings. The van der Waals surface area contributed by atoms with Crippen molar-refractivity contribution in [1.29, 1.82) is 0 Å². The van der Waals surface area contributed by atoms with Crippen molar-refractivity contribution in [3.05, 3.63) is 24.8 Å². The molecule has 1 aromatic rings. The first-order valence-corrected chi connectivity index (χ1v) is 7.75. The fourth-order valence-corrected chi connectivity index (χ4v) is 3.38. The number of phenols is 1. The number of aromatic hydroxyl groups is 1. The Morgan fingerprint density at radius 1 is 1.44 bits per heavy atom. The molecule has 1 unspecified atom stereocenters. The maximum absolute atomic E-state index is 12.1. The van der Waals surface area contributed by atoms with E-state index in [2.05, 4.69) is 27.9 Å². The van der Waals surface area contributed by atoms with Gasteiger partial charge in [0.25, 0.3) is 5.91 Å². The van der Waals surface area contributed by atoms with Gasteiger partial charge in [0.2, 0.25) is 0 Å². The summed E-state index contributed by atoms with van der Waals surface area (Å²) in [5.74, 6) is -0.295. The highest BCUT2D eigenvalue weighted by Gasteiger charge is 2.17. The first-order valence-electron chi connectivity index (χ1n) is 5.59. The van der Waals surface area contributed by atoms with Crippen molar-refractivity contribution in [3.8, 4) is 5.75 Å². The molecule has 0 aromatic heterocycles. The molecule has 4 nitrogen and oxygen atoms in total. The van der Waals surface area contributed by atoms with Crippen molar-refractivity contribution >= 4 is 51.1 Å². The molecule has 1 amide bonds. The van der Waals surface area contributed by atoms with Crippen molar-refractivity contribution in [1.82, 2.24) is 5.32 Å². The van der Waals surface area contributed by atoms with Crippen molar-refractivity contribution in [2.24, 2.45) is 0 Å². The minimum Gasteiger partial charge on any atom is -0.506 e. The topological polar surface area (TPSA) is 69.6 Å². The van der Waals surface area contributed by atoms with Crippen LogP contribution < -0.4 is 5.32 Å². The van der Waals surface area contributed by atoms with Gasteiger partial charge in [-0.25, -0.2) is 0 Å². The maximum Gasteiger partial charge on any atom is 0.255 e. The molecule has 0 saturated heterocycles. The Bertz CT molecular complexity index is 438. The number of aliphatic hydroxyl groups is 1. The first kappa shape index (κ1) is 16.0. The van der Waals surface area contributed by atoms with E-state index in [0.29, 0.717) is 9.99 Å². The minimum absolute atomic E-state index is 0.00682. The lowest BCUT2D eigenvalue weighted by Crippen LogP contribution is -2.35. The van der Waals surface area contributed by atoms with Crippen molar-refractivity contribution in [2.75, 3.05) is 6.61 Å². The second-order valence-electron chi connectivity index (χ2n) is 3.87. The number of carbonyl (C=O) groups is 1. The van der Waals surface area contributed by atoms with Crippen LogP contribution >= 0.6 is 45.2 Å². The number of aliphatic hydroxyl groups excluding tert-OH is 1. The van der Waals surface area contributed by atoms with Crippen molar-refractivity contribution in [3.63, 3.8) is 0 Å².